The van der Waals surface area contributed by atoms with Gasteiger partial charge in [-0.2, -0.15) is 0 Å². The van der Waals surface area contributed by atoms with E-state index in [9.17, 15) is 4.39 Å². The van der Waals surface area contributed by atoms with Gasteiger partial charge in [-0.1, -0.05) is 13.0 Å². The Kier molecular flexibility index (Phi) is 10.1. The molecule has 0 bridgehead atoms. The van der Waals surface area contributed by atoms with Crippen LogP contribution in [-0.2, 0) is 0 Å². The van der Waals surface area contributed by atoms with Crippen LogP contribution in [0.2, 0.25) is 0 Å². The summed E-state index contributed by atoms with van der Waals surface area (Å²) in [6.45, 7) is 5.49. The fourth-order valence-electron chi connectivity index (χ4n) is 1.52. The molecule has 20 heavy (non-hydrogen) atoms. The number of ether oxygens (including phenoxy) is 1. The lowest BCUT2D eigenvalue weighted by atomic mass is 10.3. The Bertz CT molecular complexity index is 415. The summed E-state index contributed by atoms with van der Waals surface area (Å²) in [5, 5.41) is 6.33. The largest absolute Gasteiger partial charge is 0.489 e. The minimum atomic E-state index is -0.293. The van der Waals surface area contributed by atoms with Gasteiger partial charge in [0.05, 0.1) is 6.54 Å². The summed E-state index contributed by atoms with van der Waals surface area (Å²) >= 11 is 0. The molecule has 0 radical (unpaired) electrons. The summed E-state index contributed by atoms with van der Waals surface area (Å²) in [6.07, 6.45) is 0.956. The highest BCUT2D eigenvalue weighted by atomic mass is 127. The van der Waals surface area contributed by atoms with Crippen molar-refractivity contribution in [3.8, 4) is 5.75 Å². The molecule has 0 saturated heterocycles. The van der Waals surface area contributed by atoms with E-state index in [1.54, 1.807) is 19.2 Å². The van der Waals surface area contributed by atoms with Gasteiger partial charge in [-0.3, -0.25) is 4.99 Å². The van der Waals surface area contributed by atoms with Crippen LogP contribution in [0.1, 0.15) is 20.3 Å². The second-order valence-corrected chi connectivity index (χ2v) is 4.27. The Hall–Kier alpha value is -1.05. The van der Waals surface area contributed by atoms with E-state index in [4.69, 9.17) is 4.74 Å². The first kappa shape index (κ1) is 18.9. The molecule has 0 spiro atoms. The third-order valence-electron chi connectivity index (χ3n) is 2.46. The lowest BCUT2D eigenvalue weighted by Crippen LogP contribution is -2.42. The molecule has 0 aliphatic rings. The molecular weight excluding hydrogens is 372 g/mol. The van der Waals surface area contributed by atoms with Gasteiger partial charge in [-0.15, -0.1) is 24.0 Å². The molecule has 1 rings (SSSR count). The van der Waals surface area contributed by atoms with Crippen molar-refractivity contribution in [1.29, 1.82) is 0 Å². The Labute approximate surface area is 137 Å². The Morgan fingerprint density at radius 1 is 1.40 bits per heavy atom. The summed E-state index contributed by atoms with van der Waals surface area (Å²) in [5.41, 5.74) is 0. The summed E-state index contributed by atoms with van der Waals surface area (Å²) in [6, 6.07) is 6.14. The molecule has 0 aromatic heterocycles. The zero-order chi connectivity index (χ0) is 14.1. The molecule has 4 nitrogen and oxygen atoms in total. The topological polar surface area (TPSA) is 45.7 Å². The maximum absolute atomic E-state index is 13.0. The van der Waals surface area contributed by atoms with Gasteiger partial charge in [0, 0.05) is 19.7 Å². The van der Waals surface area contributed by atoms with Crippen LogP contribution in [0.25, 0.3) is 0 Å². The molecule has 0 aliphatic carbocycles. The molecule has 0 amide bonds. The van der Waals surface area contributed by atoms with E-state index in [2.05, 4.69) is 22.5 Å². The highest BCUT2D eigenvalue weighted by Crippen LogP contribution is 2.13. The second-order valence-electron chi connectivity index (χ2n) is 4.27. The maximum atomic E-state index is 13.0. The van der Waals surface area contributed by atoms with E-state index < -0.39 is 0 Å². The zero-order valence-corrected chi connectivity index (χ0v) is 14.5. The van der Waals surface area contributed by atoms with E-state index in [0.29, 0.717) is 12.3 Å². The number of nitrogens with zero attached hydrogens (tertiary/aromatic N) is 1. The van der Waals surface area contributed by atoms with E-state index in [-0.39, 0.29) is 35.9 Å². The predicted molar refractivity (Wildman–Crippen MR) is 91.6 cm³/mol. The van der Waals surface area contributed by atoms with E-state index in [0.717, 1.165) is 18.9 Å². The average molecular weight is 395 g/mol. The van der Waals surface area contributed by atoms with Gasteiger partial charge in [-0.05, 0) is 25.5 Å². The molecule has 114 valence electrons. The molecule has 0 heterocycles. The number of guanidine groups is 1. The van der Waals surface area contributed by atoms with Crippen molar-refractivity contribution in [3.05, 3.63) is 30.1 Å². The molecular formula is C14H23FIN3O. The van der Waals surface area contributed by atoms with E-state index >= 15 is 0 Å². The van der Waals surface area contributed by atoms with Crippen molar-refractivity contribution < 1.29 is 9.13 Å². The second kappa shape index (κ2) is 10.7. The minimum absolute atomic E-state index is 0. The van der Waals surface area contributed by atoms with Gasteiger partial charge in [0.2, 0.25) is 0 Å². The molecule has 1 atom stereocenters. The molecule has 1 aromatic rings. The predicted octanol–water partition coefficient (Wildman–Crippen LogP) is 2.79. The van der Waals surface area contributed by atoms with Gasteiger partial charge >= 0.3 is 0 Å². The molecule has 2 N–H and O–H groups in total. The van der Waals surface area contributed by atoms with Crippen LogP contribution >= 0.6 is 24.0 Å². The number of hydrogen-bond donors (Lipinski definition) is 2. The first-order chi connectivity index (χ1) is 9.15. The van der Waals surface area contributed by atoms with Crippen LogP contribution in [0.15, 0.2) is 29.3 Å². The molecule has 0 fully saturated rings. The Morgan fingerprint density at radius 2 is 2.15 bits per heavy atom. The lowest BCUT2D eigenvalue weighted by Gasteiger charge is -2.17. The number of benzene rings is 1. The third-order valence-corrected chi connectivity index (χ3v) is 2.46. The van der Waals surface area contributed by atoms with Crippen molar-refractivity contribution in [1.82, 2.24) is 10.6 Å². The minimum Gasteiger partial charge on any atom is -0.489 e. The van der Waals surface area contributed by atoms with Gasteiger partial charge in [-0.25, -0.2) is 4.39 Å². The fraction of sp³-hybridized carbons (Fsp3) is 0.500. The van der Waals surface area contributed by atoms with Crippen LogP contribution in [0.5, 0.6) is 5.75 Å². The summed E-state index contributed by atoms with van der Waals surface area (Å²) in [5.74, 6) is 0.987. The van der Waals surface area contributed by atoms with Gasteiger partial charge in [0.25, 0.3) is 0 Å². The van der Waals surface area contributed by atoms with Crippen molar-refractivity contribution in [2.45, 2.75) is 26.4 Å². The number of aliphatic imine (C=N–C) groups is 1. The zero-order valence-electron chi connectivity index (χ0n) is 12.1. The summed E-state index contributed by atoms with van der Waals surface area (Å²) in [7, 11) is 1.73. The third kappa shape index (κ3) is 7.52. The van der Waals surface area contributed by atoms with Gasteiger partial charge in [0.1, 0.15) is 17.7 Å². The molecule has 0 aliphatic heterocycles. The number of halogens is 2. The maximum Gasteiger partial charge on any atom is 0.191 e. The average Bonchev–Trinajstić information content (AvgIpc) is 2.39. The highest BCUT2D eigenvalue weighted by Gasteiger charge is 2.06. The van der Waals surface area contributed by atoms with Gasteiger partial charge < -0.3 is 15.4 Å². The van der Waals surface area contributed by atoms with Crippen LogP contribution < -0.4 is 15.4 Å². The van der Waals surface area contributed by atoms with Crippen LogP contribution in [-0.4, -0.2) is 32.2 Å². The molecule has 0 saturated carbocycles. The van der Waals surface area contributed by atoms with Gasteiger partial charge in [0.15, 0.2) is 5.96 Å². The quantitative estimate of drug-likeness (QED) is 0.443. The number of hydrogen-bond acceptors (Lipinski definition) is 2. The van der Waals surface area contributed by atoms with Crippen LogP contribution in [0.3, 0.4) is 0 Å². The first-order valence-corrected chi connectivity index (χ1v) is 6.52. The van der Waals surface area contributed by atoms with Crippen molar-refractivity contribution in [2.75, 3.05) is 20.1 Å². The fourth-order valence-corrected chi connectivity index (χ4v) is 1.52. The molecule has 1 aromatic carbocycles. The Balaban J connectivity index is 0.00000361. The summed E-state index contributed by atoms with van der Waals surface area (Å²) in [4.78, 5) is 4.10. The van der Waals surface area contributed by atoms with E-state index in [1.165, 1.54) is 12.1 Å². The van der Waals surface area contributed by atoms with E-state index in [1.807, 2.05) is 6.92 Å². The van der Waals surface area contributed by atoms with Crippen LogP contribution in [0.4, 0.5) is 4.39 Å². The number of nitrogens with one attached hydrogen (secondary N) is 2. The normalized spacial score (nSPS) is 12.3. The number of rotatable bonds is 6. The monoisotopic (exact) mass is 395 g/mol. The first-order valence-electron chi connectivity index (χ1n) is 6.52. The molecule has 6 heteroatoms. The highest BCUT2D eigenvalue weighted by molar-refractivity contribution is 14.0. The smallest absolute Gasteiger partial charge is 0.191 e. The summed E-state index contributed by atoms with van der Waals surface area (Å²) < 4.78 is 18.6. The molecule has 1 unspecified atom stereocenters. The standard InChI is InChI=1S/C14H22FN3O.HI/c1-4-8-17-14(16-3)18-10-11(2)19-13-7-5-6-12(15)9-13;/h5-7,9,11H,4,8,10H2,1-3H3,(H2,16,17,18);1H. The van der Waals surface area contributed by atoms with Crippen molar-refractivity contribution in [2.24, 2.45) is 4.99 Å². The van der Waals surface area contributed by atoms with Crippen LogP contribution in [0, 0.1) is 5.82 Å². The SMILES string of the molecule is CCCNC(=NC)NCC(C)Oc1cccc(F)c1.I. The van der Waals surface area contributed by atoms with Crippen molar-refractivity contribution >= 4 is 29.9 Å². The van der Waals surface area contributed by atoms with Crippen molar-refractivity contribution in [3.63, 3.8) is 0 Å². The Morgan fingerprint density at radius 3 is 2.75 bits per heavy atom. The lowest BCUT2D eigenvalue weighted by molar-refractivity contribution is 0.223.